The predicted octanol–water partition coefficient (Wildman–Crippen LogP) is 3.03. The first-order valence-corrected chi connectivity index (χ1v) is 7.03. The molecule has 0 radical (unpaired) electrons. The van der Waals surface area contributed by atoms with E-state index in [0.29, 0.717) is 5.56 Å². The number of hydrogen-bond donors (Lipinski definition) is 2. The maximum atomic E-state index is 12.1. The number of carbonyl (C=O) groups excluding carboxylic acids is 1. The summed E-state index contributed by atoms with van der Waals surface area (Å²) in [6, 6.07) is 11.9. The first-order chi connectivity index (χ1) is 9.88. The summed E-state index contributed by atoms with van der Waals surface area (Å²) in [5, 5.41) is 13.4. The lowest BCUT2D eigenvalue weighted by molar-refractivity contribution is 0.0526. The summed E-state index contributed by atoms with van der Waals surface area (Å²) in [7, 11) is 0. The van der Waals surface area contributed by atoms with Crippen LogP contribution >= 0.6 is 23.2 Å². The van der Waals surface area contributed by atoms with Gasteiger partial charge in [0.1, 0.15) is 15.9 Å². The van der Waals surface area contributed by atoms with Crippen molar-refractivity contribution < 1.29 is 9.90 Å². The molecule has 1 unspecified atom stereocenters. The van der Waals surface area contributed by atoms with Crippen LogP contribution in [0.2, 0.25) is 10.3 Å². The second-order valence-corrected chi connectivity index (χ2v) is 5.60. The van der Waals surface area contributed by atoms with Crippen molar-refractivity contribution >= 4 is 29.1 Å². The monoisotopic (exact) mass is 324 g/mol. The maximum absolute atomic E-state index is 12.1. The van der Waals surface area contributed by atoms with Gasteiger partial charge in [0.15, 0.2) is 0 Å². The Kier molecular flexibility index (Phi) is 4.83. The largest absolute Gasteiger partial charge is 0.384 e. The number of hydrogen-bond acceptors (Lipinski definition) is 3. The number of amides is 1. The van der Waals surface area contributed by atoms with E-state index < -0.39 is 5.60 Å². The van der Waals surface area contributed by atoms with Crippen LogP contribution in [-0.2, 0) is 5.60 Å². The molecule has 6 heteroatoms. The molecule has 110 valence electrons. The number of carbonyl (C=O) groups is 1. The fourth-order valence-electron chi connectivity index (χ4n) is 1.85. The Balaban J connectivity index is 2.07. The molecular weight excluding hydrogens is 311 g/mol. The Hall–Kier alpha value is -1.62. The van der Waals surface area contributed by atoms with Crippen molar-refractivity contribution in [3.05, 3.63) is 63.9 Å². The lowest BCUT2D eigenvalue weighted by atomic mass is 9.96. The van der Waals surface area contributed by atoms with Crippen molar-refractivity contribution in [2.24, 2.45) is 0 Å². The summed E-state index contributed by atoms with van der Waals surface area (Å²) in [4.78, 5) is 15.8. The molecule has 0 aliphatic carbocycles. The van der Waals surface area contributed by atoms with Gasteiger partial charge in [-0.1, -0.05) is 53.5 Å². The van der Waals surface area contributed by atoms with E-state index in [2.05, 4.69) is 10.3 Å². The van der Waals surface area contributed by atoms with Gasteiger partial charge in [-0.25, -0.2) is 4.98 Å². The molecular formula is C15H14Cl2N2O2. The highest BCUT2D eigenvalue weighted by molar-refractivity contribution is 6.33. The molecule has 1 heterocycles. The average molecular weight is 325 g/mol. The zero-order valence-corrected chi connectivity index (χ0v) is 12.8. The number of benzene rings is 1. The first-order valence-electron chi connectivity index (χ1n) is 6.28. The van der Waals surface area contributed by atoms with Gasteiger partial charge in [-0.05, 0) is 24.6 Å². The fraction of sp³-hybridized carbons (Fsp3) is 0.200. The molecule has 0 saturated heterocycles. The van der Waals surface area contributed by atoms with Gasteiger partial charge in [0.05, 0.1) is 6.54 Å². The van der Waals surface area contributed by atoms with Crippen LogP contribution < -0.4 is 5.32 Å². The zero-order chi connectivity index (χ0) is 15.5. The second kappa shape index (κ2) is 6.43. The van der Waals surface area contributed by atoms with Crippen LogP contribution in [0.1, 0.15) is 22.8 Å². The summed E-state index contributed by atoms with van der Waals surface area (Å²) >= 11 is 11.5. The zero-order valence-electron chi connectivity index (χ0n) is 11.3. The molecule has 0 aliphatic rings. The Bertz CT molecular complexity index is 625. The van der Waals surface area contributed by atoms with Crippen molar-refractivity contribution in [2.45, 2.75) is 12.5 Å². The van der Waals surface area contributed by atoms with E-state index in [9.17, 15) is 9.90 Å². The van der Waals surface area contributed by atoms with Crippen LogP contribution in [0.5, 0.6) is 0 Å². The highest BCUT2D eigenvalue weighted by Gasteiger charge is 2.23. The van der Waals surface area contributed by atoms with Gasteiger partial charge in [-0.3, -0.25) is 4.79 Å². The van der Waals surface area contributed by atoms with E-state index in [1.54, 1.807) is 19.1 Å². The molecule has 1 amide bonds. The van der Waals surface area contributed by atoms with Gasteiger partial charge in [-0.15, -0.1) is 0 Å². The standard InChI is InChI=1S/C15H14Cl2N2O2/c1-15(21,11-5-3-2-4-6-11)9-18-14(20)10-7-12(16)19-13(17)8-10/h2-8,21H,9H2,1H3,(H,18,20). The van der Waals surface area contributed by atoms with Gasteiger partial charge in [-0.2, -0.15) is 0 Å². The fourth-order valence-corrected chi connectivity index (χ4v) is 2.31. The summed E-state index contributed by atoms with van der Waals surface area (Å²) in [6.45, 7) is 1.70. The molecule has 1 aromatic carbocycles. The topological polar surface area (TPSA) is 62.2 Å². The quantitative estimate of drug-likeness (QED) is 0.850. The number of pyridine rings is 1. The van der Waals surface area contributed by atoms with E-state index in [0.717, 1.165) is 5.56 Å². The lowest BCUT2D eigenvalue weighted by Crippen LogP contribution is -2.38. The Morgan fingerprint density at radius 2 is 1.81 bits per heavy atom. The number of aromatic nitrogens is 1. The molecule has 2 N–H and O–H groups in total. The molecule has 0 saturated carbocycles. The minimum atomic E-state index is -1.17. The third-order valence-corrected chi connectivity index (χ3v) is 3.40. The molecule has 2 aromatic rings. The molecule has 1 atom stereocenters. The van der Waals surface area contributed by atoms with Gasteiger partial charge in [0.2, 0.25) is 0 Å². The Morgan fingerprint density at radius 1 is 1.24 bits per heavy atom. The van der Waals surface area contributed by atoms with Crippen molar-refractivity contribution in [2.75, 3.05) is 6.54 Å². The van der Waals surface area contributed by atoms with Crippen LogP contribution in [0.25, 0.3) is 0 Å². The number of aliphatic hydroxyl groups is 1. The molecule has 0 spiro atoms. The molecule has 1 aromatic heterocycles. The highest BCUT2D eigenvalue weighted by Crippen LogP contribution is 2.19. The van der Waals surface area contributed by atoms with E-state index in [-0.39, 0.29) is 22.8 Å². The average Bonchev–Trinajstić information content (AvgIpc) is 2.45. The van der Waals surface area contributed by atoms with Crippen LogP contribution in [-0.4, -0.2) is 22.5 Å². The van der Waals surface area contributed by atoms with E-state index in [4.69, 9.17) is 23.2 Å². The minimum Gasteiger partial charge on any atom is -0.384 e. The SMILES string of the molecule is CC(O)(CNC(=O)c1cc(Cl)nc(Cl)c1)c1ccccc1. The number of halogens is 2. The Morgan fingerprint density at radius 3 is 2.38 bits per heavy atom. The molecule has 21 heavy (non-hydrogen) atoms. The first kappa shape index (κ1) is 15.8. The van der Waals surface area contributed by atoms with Crippen LogP contribution in [0, 0.1) is 0 Å². The molecule has 0 fully saturated rings. The second-order valence-electron chi connectivity index (χ2n) is 4.82. The van der Waals surface area contributed by atoms with Crippen molar-refractivity contribution in [3.63, 3.8) is 0 Å². The molecule has 0 aliphatic heterocycles. The Labute approximate surface area is 132 Å². The third-order valence-electron chi connectivity index (χ3n) is 3.01. The number of rotatable bonds is 4. The minimum absolute atomic E-state index is 0.0629. The molecule has 0 bridgehead atoms. The molecule has 2 rings (SSSR count). The van der Waals surface area contributed by atoms with Crippen LogP contribution in [0.15, 0.2) is 42.5 Å². The maximum Gasteiger partial charge on any atom is 0.251 e. The van der Waals surface area contributed by atoms with Crippen molar-refractivity contribution in [3.8, 4) is 0 Å². The van der Waals surface area contributed by atoms with Crippen molar-refractivity contribution in [1.29, 1.82) is 0 Å². The summed E-state index contributed by atoms with van der Waals surface area (Å²) in [5.74, 6) is -0.377. The van der Waals surface area contributed by atoms with Gasteiger partial charge < -0.3 is 10.4 Å². The smallest absolute Gasteiger partial charge is 0.251 e. The number of nitrogens with zero attached hydrogens (tertiary/aromatic N) is 1. The van der Waals surface area contributed by atoms with E-state index >= 15 is 0 Å². The summed E-state index contributed by atoms with van der Waals surface area (Å²) in [6.07, 6.45) is 0. The normalized spacial score (nSPS) is 13.5. The highest BCUT2D eigenvalue weighted by atomic mass is 35.5. The van der Waals surface area contributed by atoms with Gasteiger partial charge in [0, 0.05) is 5.56 Å². The van der Waals surface area contributed by atoms with Crippen LogP contribution in [0.3, 0.4) is 0 Å². The van der Waals surface area contributed by atoms with E-state index in [1.165, 1.54) is 12.1 Å². The van der Waals surface area contributed by atoms with Gasteiger partial charge >= 0.3 is 0 Å². The lowest BCUT2D eigenvalue weighted by Gasteiger charge is -2.24. The van der Waals surface area contributed by atoms with Crippen LogP contribution in [0.4, 0.5) is 0 Å². The van der Waals surface area contributed by atoms with Crippen molar-refractivity contribution in [1.82, 2.24) is 10.3 Å². The molecule has 4 nitrogen and oxygen atoms in total. The van der Waals surface area contributed by atoms with E-state index in [1.807, 2.05) is 18.2 Å². The summed E-state index contributed by atoms with van der Waals surface area (Å²) in [5.41, 5.74) is -0.155. The van der Waals surface area contributed by atoms with Gasteiger partial charge in [0.25, 0.3) is 5.91 Å². The predicted molar refractivity (Wildman–Crippen MR) is 82.6 cm³/mol. The summed E-state index contributed by atoms with van der Waals surface area (Å²) < 4.78 is 0. The number of nitrogens with one attached hydrogen (secondary N) is 1. The third kappa shape index (κ3) is 4.17.